The molecule has 94 valence electrons. The van der Waals surface area contributed by atoms with Gasteiger partial charge in [0, 0.05) is 19.1 Å². The standard InChI is InChI=1S/C11H12ClN5O/c1-17(2)11-15-9(14-10(13)16-11)7-5-6(12)3-4-8(7)18/h3-5,18H,1-2H3,(H2,13,14,15,16). The maximum atomic E-state index is 9.80. The summed E-state index contributed by atoms with van der Waals surface area (Å²) in [6.07, 6.45) is 0. The van der Waals surface area contributed by atoms with Crippen LogP contribution in [0, 0.1) is 0 Å². The van der Waals surface area contributed by atoms with Crippen LogP contribution >= 0.6 is 11.6 Å². The van der Waals surface area contributed by atoms with E-state index in [1.54, 1.807) is 31.1 Å². The lowest BCUT2D eigenvalue weighted by molar-refractivity contribution is 0.477. The van der Waals surface area contributed by atoms with E-state index in [2.05, 4.69) is 15.0 Å². The topological polar surface area (TPSA) is 88.2 Å². The number of benzene rings is 1. The highest BCUT2D eigenvalue weighted by Gasteiger charge is 2.12. The molecule has 0 fully saturated rings. The molecule has 0 bridgehead atoms. The molecule has 0 aliphatic carbocycles. The number of anilines is 2. The Balaban J connectivity index is 2.60. The van der Waals surface area contributed by atoms with Gasteiger partial charge in [-0.25, -0.2) is 0 Å². The van der Waals surface area contributed by atoms with Crippen LogP contribution in [-0.2, 0) is 0 Å². The summed E-state index contributed by atoms with van der Waals surface area (Å²) in [7, 11) is 3.58. The number of nitrogen functional groups attached to an aromatic ring is 1. The number of hydrogen-bond donors (Lipinski definition) is 2. The van der Waals surface area contributed by atoms with Crippen molar-refractivity contribution in [3.63, 3.8) is 0 Å². The van der Waals surface area contributed by atoms with Gasteiger partial charge in [0.05, 0.1) is 5.56 Å². The highest BCUT2D eigenvalue weighted by molar-refractivity contribution is 6.30. The molecule has 2 aromatic rings. The van der Waals surface area contributed by atoms with Crippen LogP contribution in [0.25, 0.3) is 11.4 Å². The molecule has 0 amide bonds. The normalized spacial score (nSPS) is 10.4. The lowest BCUT2D eigenvalue weighted by Crippen LogP contribution is -2.15. The number of halogens is 1. The van der Waals surface area contributed by atoms with Gasteiger partial charge in [0.15, 0.2) is 5.82 Å². The van der Waals surface area contributed by atoms with E-state index in [4.69, 9.17) is 17.3 Å². The lowest BCUT2D eigenvalue weighted by atomic mass is 10.2. The minimum Gasteiger partial charge on any atom is -0.507 e. The summed E-state index contributed by atoms with van der Waals surface area (Å²) in [5.74, 6) is 0.820. The first-order valence-electron chi connectivity index (χ1n) is 5.15. The Hall–Kier alpha value is -2.08. The SMILES string of the molecule is CN(C)c1nc(N)nc(-c2cc(Cl)ccc2O)n1. The predicted octanol–water partition coefficient (Wildman–Crippen LogP) is 1.55. The second-order valence-electron chi connectivity index (χ2n) is 3.87. The van der Waals surface area contributed by atoms with E-state index in [1.807, 2.05) is 0 Å². The first-order chi connectivity index (χ1) is 8.47. The Kier molecular flexibility index (Phi) is 3.20. The summed E-state index contributed by atoms with van der Waals surface area (Å²) in [5.41, 5.74) is 6.04. The van der Waals surface area contributed by atoms with Crippen LogP contribution in [-0.4, -0.2) is 34.2 Å². The van der Waals surface area contributed by atoms with Gasteiger partial charge in [0.25, 0.3) is 0 Å². The van der Waals surface area contributed by atoms with Gasteiger partial charge >= 0.3 is 0 Å². The minimum atomic E-state index is 0.0368. The quantitative estimate of drug-likeness (QED) is 0.856. The van der Waals surface area contributed by atoms with Crippen molar-refractivity contribution >= 4 is 23.5 Å². The smallest absolute Gasteiger partial charge is 0.230 e. The Morgan fingerprint density at radius 2 is 1.94 bits per heavy atom. The summed E-state index contributed by atoms with van der Waals surface area (Å²) in [4.78, 5) is 13.9. The Morgan fingerprint density at radius 1 is 1.22 bits per heavy atom. The van der Waals surface area contributed by atoms with E-state index in [-0.39, 0.29) is 17.5 Å². The van der Waals surface area contributed by atoms with Gasteiger partial charge in [-0.2, -0.15) is 15.0 Å². The van der Waals surface area contributed by atoms with Gasteiger partial charge in [-0.3, -0.25) is 0 Å². The molecule has 0 atom stereocenters. The second kappa shape index (κ2) is 4.66. The summed E-state index contributed by atoms with van der Waals surface area (Å²) < 4.78 is 0. The number of phenols is 1. The van der Waals surface area contributed by atoms with Crippen molar-refractivity contribution in [2.24, 2.45) is 0 Å². The van der Waals surface area contributed by atoms with Gasteiger partial charge in [0.1, 0.15) is 5.75 Å². The predicted molar refractivity (Wildman–Crippen MR) is 70.7 cm³/mol. The van der Waals surface area contributed by atoms with Crippen LogP contribution in [0.1, 0.15) is 0 Å². The summed E-state index contributed by atoms with van der Waals surface area (Å²) in [6.45, 7) is 0. The summed E-state index contributed by atoms with van der Waals surface area (Å²) in [5, 5.41) is 10.3. The van der Waals surface area contributed by atoms with Gasteiger partial charge in [-0.05, 0) is 18.2 Å². The molecule has 0 saturated heterocycles. The Labute approximate surface area is 109 Å². The van der Waals surface area contributed by atoms with Crippen LogP contribution in [0.5, 0.6) is 5.75 Å². The van der Waals surface area contributed by atoms with Crippen molar-refractivity contribution in [1.29, 1.82) is 0 Å². The zero-order valence-electron chi connectivity index (χ0n) is 9.92. The van der Waals surface area contributed by atoms with Gasteiger partial charge < -0.3 is 15.7 Å². The number of nitrogens with zero attached hydrogens (tertiary/aromatic N) is 4. The molecule has 1 aromatic heterocycles. The molecule has 1 heterocycles. The number of aromatic nitrogens is 3. The molecule has 3 N–H and O–H groups in total. The molecule has 0 aliphatic heterocycles. The van der Waals surface area contributed by atoms with Crippen molar-refractivity contribution in [3.05, 3.63) is 23.2 Å². The van der Waals surface area contributed by atoms with Crippen molar-refractivity contribution < 1.29 is 5.11 Å². The molecule has 7 heteroatoms. The molecule has 0 unspecified atom stereocenters. The van der Waals surface area contributed by atoms with E-state index in [0.29, 0.717) is 16.5 Å². The van der Waals surface area contributed by atoms with Crippen molar-refractivity contribution in [3.8, 4) is 17.1 Å². The van der Waals surface area contributed by atoms with Gasteiger partial charge in [-0.15, -0.1) is 0 Å². The largest absolute Gasteiger partial charge is 0.507 e. The fraction of sp³-hybridized carbons (Fsp3) is 0.182. The molecule has 18 heavy (non-hydrogen) atoms. The van der Waals surface area contributed by atoms with Gasteiger partial charge in [0.2, 0.25) is 11.9 Å². The third-order valence-electron chi connectivity index (χ3n) is 2.24. The van der Waals surface area contributed by atoms with E-state index >= 15 is 0 Å². The number of phenolic OH excluding ortho intramolecular Hbond substituents is 1. The Morgan fingerprint density at radius 3 is 2.61 bits per heavy atom. The number of nitrogens with two attached hydrogens (primary N) is 1. The van der Waals surface area contributed by atoms with Crippen LogP contribution in [0.15, 0.2) is 18.2 Å². The number of hydrogen-bond acceptors (Lipinski definition) is 6. The van der Waals surface area contributed by atoms with Crippen LogP contribution in [0.2, 0.25) is 5.02 Å². The summed E-state index contributed by atoms with van der Waals surface area (Å²) >= 11 is 5.88. The monoisotopic (exact) mass is 265 g/mol. The molecule has 0 radical (unpaired) electrons. The molecule has 2 rings (SSSR count). The number of aromatic hydroxyl groups is 1. The molecule has 0 aliphatic rings. The maximum absolute atomic E-state index is 9.80. The minimum absolute atomic E-state index is 0.0368. The highest BCUT2D eigenvalue weighted by Crippen LogP contribution is 2.30. The van der Waals surface area contributed by atoms with Crippen LogP contribution in [0.3, 0.4) is 0 Å². The third kappa shape index (κ3) is 2.43. The van der Waals surface area contributed by atoms with Crippen LogP contribution < -0.4 is 10.6 Å². The fourth-order valence-corrected chi connectivity index (χ4v) is 1.56. The molecular weight excluding hydrogens is 254 g/mol. The molecule has 6 nitrogen and oxygen atoms in total. The van der Waals surface area contributed by atoms with E-state index in [9.17, 15) is 5.11 Å². The van der Waals surface area contributed by atoms with Crippen molar-refractivity contribution in [2.75, 3.05) is 24.7 Å². The zero-order valence-corrected chi connectivity index (χ0v) is 10.7. The Bertz CT molecular complexity index is 588. The van der Waals surface area contributed by atoms with E-state index in [0.717, 1.165) is 0 Å². The second-order valence-corrected chi connectivity index (χ2v) is 4.31. The van der Waals surface area contributed by atoms with Crippen LogP contribution in [0.4, 0.5) is 11.9 Å². The first-order valence-corrected chi connectivity index (χ1v) is 5.53. The maximum Gasteiger partial charge on any atom is 0.230 e. The molecule has 0 saturated carbocycles. The number of rotatable bonds is 2. The van der Waals surface area contributed by atoms with Crippen molar-refractivity contribution in [1.82, 2.24) is 15.0 Å². The average molecular weight is 266 g/mol. The fourth-order valence-electron chi connectivity index (χ4n) is 1.39. The molecule has 0 spiro atoms. The zero-order chi connectivity index (χ0) is 13.3. The summed E-state index contributed by atoms with van der Waals surface area (Å²) in [6, 6.07) is 4.63. The molecular formula is C11H12ClN5O. The molecule has 1 aromatic carbocycles. The van der Waals surface area contributed by atoms with E-state index in [1.165, 1.54) is 6.07 Å². The van der Waals surface area contributed by atoms with Gasteiger partial charge in [-0.1, -0.05) is 11.6 Å². The average Bonchev–Trinajstić information content (AvgIpc) is 2.31. The first kappa shape index (κ1) is 12.4. The highest BCUT2D eigenvalue weighted by atomic mass is 35.5. The van der Waals surface area contributed by atoms with Crippen molar-refractivity contribution in [2.45, 2.75) is 0 Å². The lowest BCUT2D eigenvalue weighted by Gasteiger charge is -2.12. The van der Waals surface area contributed by atoms with E-state index < -0.39 is 0 Å². The third-order valence-corrected chi connectivity index (χ3v) is 2.48.